The van der Waals surface area contributed by atoms with Gasteiger partial charge < -0.3 is 10.1 Å². The lowest BCUT2D eigenvalue weighted by molar-refractivity contribution is -0.137. The highest BCUT2D eigenvalue weighted by atomic mass is 32.2. The van der Waals surface area contributed by atoms with Crippen LogP contribution in [-0.2, 0) is 27.6 Å². The Morgan fingerprint density at radius 3 is 2.19 bits per heavy atom. The van der Waals surface area contributed by atoms with Gasteiger partial charge in [-0.25, -0.2) is 13.1 Å². The van der Waals surface area contributed by atoms with Gasteiger partial charge in [0, 0.05) is 12.0 Å². The molecule has 0 atom stereocenters. The molecule has 0 saturated heterocycles. The molecule has 3 rings (SSSR count). The first-order valence-corrected chi connectivity index (χ1v) is 15.3. The average Bonchev–Trinajstić information content (AvgIpc) is 2.95. The van der Waals surface area contributed by atoms with Gasteiger partial charge in [-0.05, 0) is 54.4 Å². The van der Waals surface area contributed by atoms with Gasteiger partial charge in [0.15, 0.2) is 0 Å². The van der Waals surface area contributed by atoms with E-state index in [1.807, 2.05) is 0 Å². The van der Waals surface area contributed by atoms with E-state index in [0.29, 0.717) is 17.7 Å². The van der Waals surface area contributed by atoms with Crippen LogP contribution in [0, 0.1) is 0 Å². The molecule has 0 radical (unpaired) electrons. The van der Waals surface area contributed by atoms with E-state index in [1.165, 1.54) is 48.9 Å². The number of para-hydroxylation sites is 1. The largest absolute Gasteiger partial charge is 0.489 e. The topological polar surface area (TPSA) is 102 Å². The first-order chi connectivity index (χ1) is 20.0. The summed E-state index contributed by atoms with van der Waals surface area (Å²) in [5.41, 5.74) is -0.101. The lowest BCUT2D eigenvalue weighted by atomic mass is 10.1. The maximum atomic E-state index is 13.0. The van der Waals surface area contributed by atoms with Crippen molar-refractivity contribution in [3.8, 4) is 5.75 Å². The number of halogens is 3. The third-order valence-corrected chi connectivity index (χ3v) is 7.89. The molecule has 0 unspecified atom stereocenters. The summed E-state index contributed by atoms with van der Waals surface area (Å²) in [7, 11) is -4.24. The van der Waals surface area contributed by atoms with E-state index in [4.69, 9.17) is 4.74 Å². The van der Waals surface area contributed by atoms with Gasteiger partial charge in [-0.3, -0.25) is 9.59 Å². The van der Waals surface area contributed by atoms with Gasteiger partial charge in [-0.1, -0.05) is 75.8 Å². The zero-order chi connectivity index (χ0) is 30.6. The van der Waals surface area contributed by atoms with Crippen LogP contribution in [0.3, 0.4) is 0 Å². The minimum absolute atomic E-state index is 0.00481. The third-order valence-electron chi connectivity index (χ3n) is 6.46. The lowest BCUT2D eigenvalue weighted by Gasteiger charge is -2.13. The predicted octanol–water partition coefficient (Wildman–Crippen LogP) is 7.48. The summed E-state index contributed by atoms with van der Waals surface area (Å²) < 4.78 is 72.0. The Hall–Kier alpha value is -3.86. The predicted molar refractivity (Wildman–Crippen MR) is 155 cm³/mol. The summed E-state index contributed by atoms with van der Waals surface area (Å²) >= 11 is 0. The summed E-state index contributed by atoms with van der Waals surface area (Å²) in [5.74, 6) is -0.935. The third kappa shape index (κ3) is 10.2. The molecule has 0 aromatic heterocycles. The number of ether oxygens (including phenoxy) is 1. The molecule has 0 spiro atoms. The van der Waals surface area contributed by atoms with Crippen molar-refractivity contribution in [1.29, 1.82) is 0 Å². The summed E-state index contributed by atoms with van der Waals surface area (Å²) in [5, 5.41) is 2.57. The average molecular weight is 605 g/mol. The normalized spacial score (nSPS) is 11.6. The van der Waals surface area contributed by atoms with Gasteiger partial charge in [0.05, 0.1) is 11.3 Å². The highest BCUT2D eigenvalue weighted by Gasteiger charge is 2.30. The molecule has 7 nitrogen and oxygen atoms in total. The van der Waals surface area contributed by atoms with Crippen LogP contribution < -0.4 is 14.8 Å². The van der Waals surface area contributed by atoms with Crippen LogP contribution >= 0.6 is 0 Å². The van der Waals surface area contributed by atoms with E-state index < -0.39 is 33.6 Å². The highest BCUT2D eigenvalue weighted by molar-refractivity contribution is 7.90. The first-order valence-electron chi connectivity index (χ1n) is 13.8. The van der Waals surface area contributed by atoms with Gasteiger partial charge in [-0.2, -0.15) is 13.2 Å². The van der Waals surface area contributed by atoms with Crippen LogP contribution in [0.5, 0.6) is 5.75 Å². The van der Waals surface area contributed by atoms with Crippen molar-refractivity contribution in [2.24, 2.45) is 0 Å². The second-order valence-corrected chi connectivity index (χ2v) is 11.5. The SMILES string of the molecule is CCCCCCCCCC(=O)NS(=O)(=O)c1ccccc1NC(=O)c1cccc(OCc2ccc(C(F)(F)F)cc2)c1. The molecule has 0 fully saturated rings. The van der Waals surface area contributed by atoms with E-state index in [0.717, 1.165) is 44.2 Å². The molecule has 42 heavy (non-hydrogen) atoms. The second kappa shape index (κ2) is 15.4. The summed E-state index contributed by atoms with van der Waals surface area (Å²) in [6.45, 7) is 2.11. The number of alkyl halides is 3. The minimum Gasteiger partial charge on any atom is -0.489 e. The van der Waals surface area contributed by atoms with E-state index in [1.54, 1.807) is 18.2 Å². The number of hydrogen-bond donors (Lipinski definition) is 2. The summed E-state index contributed by atoms with van der Waals surface area (Å²) in [6, 6.07) is 16.4. The smallest absolute Gasteiger partial charge is 0.416 e. The number of nitrogens with one attached hydrogen (secondary N) is 2. The van der Waals surface area contributed by atoms with Crippen LogP contribution in [0.1, 0.15) is 79.8 Å². The Bertz CT molecular complexity index is 1440. The summed E-state index contributed by atoms with van der Waals surface area (Å²) in [6.07, 6.45) is 2.65. The number of rotatable bonds is 15. The fourth-order valence-electron chi connectivity index (χ4n) is 4.18. The van der Waals surface area contributed by atoms with Gasteiger partial charge in [-0.15, -0.1) is 0 Å². The lowest BCUT2D eigenvalue weighted by Crippen LogP contribution is -2.31. The standard InChI is InChI=1S/C31H35F3N2O5S/c1-2-3-4-5-6-7-8-16-29(37)36-42(39,40)28-15-10-9-14-27(28)35-30(38)24-12-11-13-26(21-24)41-22-23-17-19-25(20-18-23)31(32,33)34/h9-15,17-21H,2-8,16,22H2,1H3,(H,35,38)(H,36,37). The van der Waals surface area contributed by atoms with Crippen LogP contribution in [0.2, 0.25) is 0 Å². The number of carbonyl (C=O) groups is 2. The molecular weight excluding hydrogens is 569 g/mol. The molecule has 226 valence electrons. The van der Waals surface area contributed by atoms with Gasteiger partial charge in [0.2, 0.25) is 5.91 Å². The Morgan fingerprint density at radius 2 is 1.50 bits per heavy atom. The van der Waals surface area contributed by atoms with Crippen LogP contribution in [0.15, 0.2) is 77.7 Å². The maximum absolute atomic E-state index is 13.0. The molecule has 0 aliphatic heterocycles. The zero-order valence-corrected chi connectivity index (χ0v) is 24.2. The van der Waals surface area contributed by atoms with Crippen molar-refractivity contribution >= 4 is 27.5 Å². The Kier molecular flexibility index (Phi) is 12.0. The Labute approximate surface area is 244 Å². The van der Waals surface area contributed by atoms with Gasteiger partial charge in [0.25, 0.3) is 15.9 Å². The highest BCUT2D eigenvalue weighted by Crippen LogP contribution is 2.29. The molecule has 3 aromatic carbocycles. The molecule has 0 bridgehead atoms. The van der Waals surface area contributed by atoms with Crippen LogP contribution in [-0.4, -0.2) is 20.2 Å². The second-order valence-electron chi connectivity index (χ2n) is 9.86. The number of unbranched alkanes of at least 4 members (excludes halogenated alkanes) is 6. The monoisotopic (exact) mass is 604 g/mol. The fraction of sp³-hybridized carbons (Fsp3) is 0.355. The number of amides is 2. The first kappa shape index (κ1) is 32.7. The van der Waals surface area contributed by atoms with Gasteiger partial charge >= 0.3 is 6.18 Å². The van der Waals surface area contributed by atoms with Crippen molar-refractivity contribution in [1.82, 2.24) is 4.72 Å². The number of sulfonamides is 1. The number of anilines is 1. The number of benzene rings is 3. The number of carbonyl (C=O) groups excluding carboxylic acids is 2. The molecule has 2 amide bonds. The maximum Gasteiger partial charge on any atom is 0.416 e. The van der Waals surface area contributed by atoms with Crippen molar-refractivity contribution < 1.29 is 35.9 Å². The van der Waals surface area contributed by atoms with E-state index in [-0.39, 0.29) is 29.2 Å². The molecule has 0 aliphatic rings. The van der Waals surface area contributed by atoms with E-state index in [2.05, 4.69) is 17.0 Å². The molecule has 3 aromatic rings. The Morgan fingerprint density at radius 1 is 0.833 bits per heavy atom. The number of hydrogen-bond acceptors (Lipinski definition) is 5. The van der Waals surface area contributed by atoms with Gasteiger partial charge in [0.1, 0.15) is 17.3 Å². The molecule has 0 aliphatic carbocycles. The van der Waals surface area contributed by atoms with Crippen molar-refractivity contribution in [2.75, 3.05) is 5.32 Å². The molecule has 0 heterocycles. The van der Waals surface area contributed by atoms with E-state index in [9.17, 15) is 31.2 Å². The quantitative estimate of drug-likeness (QED) is 0.175. The minimum atomic E-state index is -4.43. The van der Waals surface area contributed by atoms with Crippen LogP contribution in [0.25, 0.3) is 0 Å². The fourth-order valence-corrected chi connectivity index (χ4v) is 5.36. The van der Waals surface area contributed by atoms with Crippen LogP contribution in [0.4, 0.5) is 18.9 Å². The van der Waals surface area contributed by atoms with Crippen molar-refractivity contribution in [3.63, 3.8) is 0 Å². The molecular formula is C31H35F3N2O5S. The molecule has 11 heteroatoms. The summed E-state index contributed by atoms with van der Waals surface area (Å²) in [4.78, 5) is 25.1. The van der Waals surface area contributed by atoms with Crippen molar-refractivity contribution in [3.05, 3.63) is 89.5 Å². The Balaban J connectivity index is 1.59. The zero-order valence-electron chi connectivity index (χ0n) is 23.4. The molecule has 2 N–H and O–H groups in total. The van der Waals surface area contributed by atoms with E-state index >= 15 is 0 Å². The van der Waals surface area contributed by atoms with Crippen molar-refractivity contribution in [2.45, 2.75) is 76.0 Å². The molecule has 0 saturated carbocycles.